The van der Waals surface area contributed by atoms with Crippen LogP contribution in [0.4, 0.5) is 13.2 Å². The van der Waals surface area contributed by atoms with Gasteiger partial charge < -0.3 is 4.74 Å². The molecule has 0 saturated heterocycles. The van der Waals surface area contributed by atoms with Crippen molar-refractivity contribution < 1.29 is 17.9 Å². The number of benzene rings is 1. The first kappa shape index (κ1) is 11.0. The molecular formula is C12H11F3O. The Bertz CT molecular complexity index is 405. The fourth-order valence-corrected chi connectivity index (χ4v) is 1.62. The van der Waals surface area contributed by atoms with E-state index in [0.29, 0.717) is 5.56 Å². The standard InChI is InChI=1S/C12H11F3O/c1-2-8-3-6-11(16-12(13,14)15)10(7-8)9-4-5-9/h2-3,6-7,9H,1,4-5H2. The molecule has 0 aromatic heterocycles. The zero-order valence-corrected chi connectivity index (χ0v) is 8.55. The predicted molar refractivity (Wildman–Crippen MR) is 55.2 cm³/mol. The number of alkyl halides is 3. The van der Waals surface area contributed by atoms with Crippen molar-refractivity contribution in [1.82, 2.24) is 0 Å². The first-order valence-corrected chi connectivity index (χ1v) is 5.02. The second-order valence-corrected chi connectivity index (χ2v) is 3.82. The molecule has 1 aliphatic carbocycles. The van der Waals surface area contributed by atoms with Gasteiger partial charge in [-0.3, -0.25) is 0 Å². The lowest BCUT2D eigenvalue weighted by molar-refractivity contribution is -0.274. The van der Waals surface area contributed by atoms with Crippen LogP contribution in [0, 0.1) is 0 Å². The fraction of sp³-hybridized carbons (Fsp3) is 0.333. The molecule has 0 atom stereocenters. The Morgan fingerprint density at radius 3 is 2.50 bits per heavy atom. The first-order chi connectivity index (χ1) is 7.49. The highest BCUT2D eigenvalue weighted by molar-refractivity contribution is 5.53. The van der Waals surface area contributed by atoms with Gasteiger partial charge in [-0.2, -0.15) is 0 Å². The van der Waals surface area contributed by atoms with Gasteiger partial charge in [-0.15, -0.1) is 13.2 Å². The Labute approximate surface area is 91.5 Å². The number of hydrogen-bond donors (Lipinski definition) is 0. The normalized spacial score (nSPS) is 15.9. The lowest BCUT2D eigenvalue weighted by atomic mass is 10.1. The van der Waals surface area contributed by atoms with E-state index in [1.54, 1.807) is 18.2 Å². The summed E-state index contributed by atoms with van der Waals surface area (Å²) in [4.78, 5) is 0. The highest BCUT2D eigenvalue weighted by Gasteiger charge is 2.35. The van der Waals surface area contributed by atoms with Crippen LogP contribution < -0.4 is 4.74 Å². The maximum absolute atomic E-state index is 12.1. The van der Waals surface area contributed by atoms with Crippen molar-refractivity contribution in [2.45, 2.75) is 25.1 Å². The van der Waals surface area contributed by atoms with Gasteiger partial charge in [-0.05, 0) is 42.0 Å². The van der Waals surface area contributed by atoms with Crippen molar-refractivity contribution in [3.63, 3.8) is 0 Å². The molecule has 1 saturated carbocycles. The van der Waals surface area contributed by atoms with Crippen LogP contribution in [0.2, 0.25) is 0 Å². The van der Waals surface area contributed by atoms with Gasteiger partial charge in [0.05, 0.1) is 0 Å². The molecule has 0 aliphatic heterocycles. The van der Waals surface area contributed by atoms with Crippen molar-refractivity contribution >= 4 is 6.08 Å². The van der Waals surface area contributed by atoms with Crippen molar-refractivity contribution in [2.75, 3.05) is 0 Å². The summed E-state index contributed by atoms with van der Waals surface area (Å²) in [5, 5.41) is 0. The molecule has 86 valence electrons. The van der Waals surface area contributed by atoms with Crippen LogP contribution in [0.1, 0.15) is 29.9 Å². The van der Waals surface area contributed by atoms with Crippen LogP contribution in [0.3, 0.4) is 0 Å². The molecule has 1 nitrogen and oxygen atoms in total. The minimum absolute atomic E-state index is 0.0828. The van der Waals surface area contributed by atoms with Gasteiger partial charge >= 0.3 is 6.36 Å². The van der Waals surface area contributed by atoms with Crippen LogP contribution in [-0.2, 0) is 0 Å². The zero-order valence-electron chi connectivity index (χ0n) is 8.55. The maximum Gasteiger partial charge on any atom is 0.573 e. The van der Waals surface area contributed by atoms with E-state index in [0.717, 1.165) is 18.4 Å². The molecule has 1 fully saturated rings. The summed E-state index contributed by atoms with van der Waals surface area (Å²) in [5.41, 5.74) is 1.45. The Hall–Kier alpha value is -1.45. The number of hydrogen-bond acceptors (Lipinski definition) is 1. The quantitative estimate of drug-likeness (QED) is 0.756. The fourth-order valence-electron chi connectivity index (χ4n) is 1.62. The van der Waals surface area contributed by atoms with Gasteiger partial charge in [-0.1, -0.05) is 18.7 Å². The third kappa shape index (κ3) is 2.56. The molecule has 16 heavy (non-hydrogen) atoms. The molecule has 0 N–H and O–H groups in total. The largest absolute Gasteiger partial charge is 0.573 e. The molecule has 2 rings (SSSR count). The summed E-state index contributed by atoms with van der Waals surface area (Å²) < 4.78 is 40.4. The van der Waals surface area contributed by atoms with Crippen molar-refractivity contribution in [3.05, 3.63) is 35.9 Å². The van der Waals surface area contributed by atoms with Crippen LogP contribution in [0.25, 0.3) is 6.08 Å². The van der Waals surface area contributed by atoms with E-state index in [9.17, 15) is 13.2 Å². The minimum Gasteiger partial charge on any atom is -0.405 e. The Morgan fingerprint density at radius 2 is 2.00 bits per heavy atom. The highest BCUT2D eigenvalue weighted by atomic mass is 19.4. The molecular weight excluding hydrogens is 217 g/mol. The number of rotatable bonds is 3. The SMILES string of the molecule is C=Cc1ccc(OC(F)(F)F)c(C2CC2)c1. The molecule has 0 unspecified atom stereocenters. The van der Waals surface area contributed by atoms with Crippen LogP contribution in [0.5, 0.6) is 5.75 Å². The molecule has 1 aliphatic rings. The van der Waals surface area contributed by atoms with E-state index < -0.39 is 6.36 Å². The predicted octanol–water partition coefficient (Wildman–Crippen LogP) is 4.11. The molecule has 0 radical (unpaired) electrons. The lowest BCUT2D eigenvalue weighted by Gasteiger charge is -2.13. The van der Waals surface area contributed by atoms with Crippen molar-refractivity contribution in [3.8, 4) is 5.75 Å². The molecule has 1 aromatic carbocycles. The van der Waals surface area contributed by atoms with Gasteiger partial charge in [0.1, 0.15) is 5.75 Å². The van der Waals surface area contributed by atoms with Gasteiger partial charge in [-0.25, -0.2) is 0 Å². The molecule has 0 amide bonds. The summed E-state index contributed by atoms with van der Waals surface area (Å²) in [5.74, 6) is 0.123. The summed E-state index contributed by atoms with van der Waals surface area (Å²) in [6.07, 6.45) is -1.16. The Morgan fingerprint density at radius 1 is 1.31 bits per heavy atom. The Balaban J connectivity index is 2.32. The smallest absolute Gasteiger partial charge is 0.405 e. The third-order valence-electron chi connectivity index (χ3n) is 2.51. The average Bonchev–Trinajstić information content (AvgIpc) is 2.99. The maximum atomic E-state index is 12.1. The number of ether oxygens (including phenoxy) is 1. The van der Waals surface area contributed by atoms with E-state index in [2.05, 4.69) is 11.3 Å². The van der Waals surface area contributed by atoms with E-state index in [-0.39, 0.29) is 11.7 Å². The topological polar surface area (TPSA) is 9.23 Å². The summed E-state index contributed by atoms with van der Waals surface area (Å²) in [6, 6.07) is 4.64. The van der Waals surface area contributed by atoms with Crippen molar-refractivity contribution in [2.24, 2.45) is 0 Å². The molecule has 1 aromatic rings. The van der Waals surface area contributed by atoms with Crippen LogP contribution >= 0.6 is 0 Å². The van der Waals surface area contributed by atoms with Gasteiger partial charge in [0.25, 0.3) is 0 Å². The Kier molecular flexibility index (Phi) is 2.66. The summed E-state index contributed by atoms with van der Waals surface area (Å²) in [6.45, 7) is 3.59. The van der Waals surface area contributed by atoms with Crippen molar-refractivity contribution in [1.29, 1.82) is 0 Å². The van der Waals surface area contributed by atoms with Gasteiger partial charge in [0.15, 0.2) is 0 Å². The van der Waals surface area contributed by atoms with E-state index in [1.807, 2.05) is 0 Å². The second kappa shape index (κ2) is 3.85. The summed E-state index contributed by atoms with van der Waals surface area (Å²) >= 11 is 0. The monoisotopic (exact) mass is 228 g/mol. The molecule has 4 heteroatoms. The van der Waals surface area contributed by atoms with Crippen LogP contribution in [-0.4, -0.2) is 6.36 Å². The average molecular weight is 228 g/mol. The van der Waals surface area contributed by atoms with E-state index in [1.165, 1.54) is 6.07 Å². The van der Waals surface area contributed by atoms with Crippen LogP contribution in [0.15, 0.2) is 24.8 Å². The first-order valence-electron chi connectivity index (χ1n) is 5.02. The molecule has 0 spiro atoms. The summed E-state index contributed by atoms with van der Waals surface area (Å²) in [7, 11) is 0. The molecule has 0 bridgehead atoms. The number of halogens is 3. The van der Waals surface area contributed by atoms with E-state index >= 15 is 0 Å². The highest BCUT2D eigenvalue weighted by Crippen LogP contribution is 2.45. The van der Waals surface area contributed by atoms with Gasteiger partial charge in [0, 0.05) is 0 Å². The minimum atomic E-state index is -4.63. The van der Waals surface area contributed by atoms with Gasteiger partial charge in [0.2, 0.25) is 0 Å². The van der Waals surface area contributed by atoms with E-state index in [4.69, 9.17) is 0 Å². The molecule has 0 heterocycles. The zero-order chi connectivity index (χ0) is 11.8. The second-order valence-electron chi connectivity index (χ2n) is 3.82. The third-order valence-corrected chi connectivity index (χ3v) is 2.51. The lowest BCUT2D eigenvalue weighted by Crippen LogP contribution is -2.18.